The third-order valence-corrected chi connectivity index (χ3v) is 3.09. The summed E-state index contributed by atoms with van der Waals surface area (Å²) >= 11 is 0. The molecule has 0 atom stereocenters. The lowest BCUT2D eigenvalue weighted by molar-refractivity contribution is 0.432. The van der Waals surface area contributed by atoms with Gasteiger partial charge in [0.2, 0.25) is 5.82 Å². The average molecular weight is 262 g/mol. The summed E-state index contributed by atoms with van der Waals surface area (Å²) in [5, 5.41) is 4.03. The first-order valence-electron chi connectivity index (χ1n) is 6.22. The van der Waals surface area contributed by atoms with Crippen LogP contribution in [0.3, 0.4) is 0 Å². The quantitative estimate of drug-likeness (QED) is 0.557. The van der Waals surface area contributed by atoms with Gasteiger partial charge in [-0.3, -0.25) is 0 Å². The van der Waals surface area contributed by atoms with Crippen LogP contribution in [0, 0.1) is 0 Å². The van der Waals surface area contributed by atoms with Gasteiger partial charge in [0.05, 0.1) is 0 Å². The predicted molar refractivity (Wildman–Crippen MR) is 73.9 cm³/mol. The molecule has 20 heavy (non-hydrogen) atoms. The highest BCUT2D eigenvalue weighted by atomic mass is 16.5. The van der Waals surface area contributed by atoms with Crippen LogP contribution in [0.4, 0.5) is 0 Å². The van der Waals surface area contributed by atoms with E-state index in [0.717, 1.165) is 16.8 Å². The van der Waals surface area contributed by atoms with Crippen LogP contribution < -0.4 is 0 Å². The van der Waals surface area contributed by atoms with Crippen molar-refractivity contribution in [1.82, 2.24) is 19.5 Å². The van der Waals surface area contributed by atoms with Crippen LogP contribution >= 0.6 is 0 Å². The van der Waals surface area contributed by atoms with E-state index in [-0.39, 0.29) is 0 Å². The Morgan fingerprint density at radius 3 is 2.75 bits per heavy atom. The Bertz CT molecular complexity index is 864. The van der Waals surface area contributed by atoms with Gasteiger partial charge in [0.1, 0.15) is 5.65 Å². The van der Waals surface area contributed by atoms with E-state index in [1.54, 1.807) is 6.20 Å². The lowest BCUT2D eigenvalue weighted by Crippen LogP contribution is -1.87. The second-order valence-electron chi connectivity index (χ2n) is 4.40. The molecule has 0 saturated carbocycles. The molecule has 0 N–H and O–H groups in total. The van der Waals surface area contributed by atoms with Gasteiger partial charge >= 0.3 is 0 Å². The summed E-state index contributed by atoms with van der Waals surface area (Å²) in [4.78, 5) is 8.64. The van der Waals surface area contributed by atoms with Gasteiger partial charge in [-0.05, 0) is 24.3 Å². The summed E-state index contributed by atoms with van der Waals surface area (Å²) in [5.41, 5.74) is 2.69. The van der Waals surface area contributed by atoms with Crippen LogP contribution in [-0.4, -0.2) is 19.5 Å². The lowest BCUT2D eigenvalue weighted by Gasteiger charge is -1.96. The fourth-order valence-electron chi connectivity index (χ4n) is 2.09. The van der Waals surface area contributed by atoms with Crippen molar-refractivity contribution in [3.05, 3.63) is 61.1 Å². The number of hydrogen-bond acceptors (Lipinski definition) is 4. The van der Waals surface area contributed by atoms with Crippen LogP contribution in [0.2, 0.25) is 0 Å². The molecule has 0 radical (unpaired) electrons. The summed E-state index contributed by atoms with van der Waals surface area (Å²) in [6.45, 7) is 0. The molecule has 0 aliphatic carbocycles. The zero-order chi connectivity index (χ0) is 13.4. The molecule has 0 unspecified atom stereocenters. The third kappa shape index (κ3) is 1.76. The van der Waals surface area contributed by atoms with Gasteiger partial charge in [0.15, 0.2) is 0 Å². The molecule has 96 valence electrons. The van der Waals surface area contributed by atoms with Crippen molar-refractivity contribution >= 4 is 5.65 Å². The Morgan fingerprint density at radius 2 is 1.85 bits per heavy atom. The molecule has 0 fully saturated rings. The van der Waals surface area contributed by atoms with Gasteiger partial charge < -0.3 is 8.92 Å². The fraction of sp³-hybridized carbons (Fsp3) is 0. The van der Waals surface area contributed by atoms with Crippen molar-refractivity contribution in [3.63, 3.8) is 0 Å². The Labute approximate surface area is 114 Å². The minimum atomic E-state index is 0.520. The zero-order valence-electron chi connectivity index (χ0n) is 10.5. The predicted octanol–water partition coefficient (Wildman–Crippen LogP) is 3.05. The van der Waals surface area contributed by atoms with E-state index in [2.05, 4.69) is 15.1 Å². The number of benzene rings is 1. The number of pyridine rings is 1. The average Bonchev–Trinajstić information content (AvgIpc) is 3.16. The normalized spacial score (nSPS) is 11.0. The smallest absolute Gasteiger partial charge is 0.258 e. The minimum absolute atomic E-state index is 0.520. The van der Waals surface area contributed by atoms with Crippen molar-refractivity contribution in [2.45, 2.75) is 0 Å². The van der Waals surface area contributed by atoms with Crippen molar-refractivity contribution < 1.29 is 4.52 Å². The van der Waals surface area contributed by atoms with Crippen LogP contribution in [0.15, 0.2) is 65.6 Å². The molecular weight excluding hydrogens is 252 g/mol. The topological polar surface area (TPSA) is 56.2 Å². The highest BCUT2D eigenvalue weighted by Gasteiger charge is 2.10. The molecule has 0 amide bonds. The first-order chi connectivity index (χ1) is 9.90. The molecule has 1 aromatic carbocycles. The summed E-state index contributed by atoms with van der Waals surface area (Å²) in [6, 6.07) is 13.6. The summed E-state index contributed by atoms with van der Waals surface area (Å²) in [7, 11) is 0. The SMILES string of the molecule is c1ccc(-c2nc(-c3ccc4nccn4c3)no2)cc1. The van der Waals surface area contributed by atoms with Crippen LogP contribution in [-0.2, 0) is 0 Å². The second-order valence-corrected chi connectivity index (χ2v) is 4.40. The third-order valence-electron chi connectivity index (χ3n) is 3.09. The van der Waals surface area contributed by atoms with E-state index >= 15 is 0 Å². The molecule has 0 aliphatic rings. The molecule has 0 saturated heterocycles. The van der Waals surface area contributed by atoms with Gasteiger partial charge in [-0.15, -0.1) is 0 Å². The Morgan fingerprint density at radius 1 is 0.950 bits per heavy atom. The van der Waals surface area contributed by atoms with Crippen molar-refractivity contribution in [3.8, 4) is 22.8 Å². The van der Waals surface area contributed by atoms with E-state index in [4.69, 9.17) is 4.52 Å². The largest absolute Gasteiger partial charge is 0.334 e. The monoisotopic (exact) mass is 262 g/mol. The van der Waals surface area contributed by atoms with E-state index in [1.165, 1.54) is 0 Å². The number of nitrogens with zero attached hydrogens (tertiary/aromatic N) is 4. The highest BCUT2D eigenvalue weighted by Crippen LogP contribution is 2.22. The number of hydrogen-bond donors (Lipinski definition) is 0. The summed E-state index contributed by atoms with van der Waals surface area (Å²) in [6.07, 6.45) is 5.57. The number of aromatic nitrogens is 4. The first-order valence-corrected chi connectivity index (χ1v) is 6.22. The van der Waals surface area contributed by atoms with Crippen LogP contribution in [0.25, 0.3) is 28.5 Å². The first kappa shape index (κ1) is 10.9. The minimum Gasteiger partial charge on any atom is -0.334 e. The molecule has 3 heterocycles. The van der Waals surface area contributed by atoms with Crippen LogP contribution in [0.5, 0.6) is 0 Å². The number of imidazole rings is 1. The highest BCUT2D eigenvalue weighted by molar-refractivity contribution is 5.60. The maximum Gasteiger partial charge on any atom is 0.258 e. The number of rotatable bonds is 2. The van der Waals surface area contributed by atoms with Gasteiger partial charge in [-0.1, -0.05) is 23.4 Å². The maximum absolute atomic E-state index is 5.31. The Balaban J connectivity index is 1.77. The molecule has 4 aromatic rings. The van der Waals surface area contributed by atoms with E-state index in [0.29, 0.717) is 11.7 Å². The Kier molecular flexibility index (Phi) is 2.35. The zero-order valence-corrected chi connectivity index (χ0v) is 10.5. The molecule has 0 aliphatic heterocycles. The molecule has 0 bridgehead atoms. The molecular formula is C15H10N4O. The van der Waals surface area contributed by atoms with Crippen molar-refractivity contribution in [2.75, 3.05) is 0 Å². The van der Waals surface area contributed by atoms with E-state index in [9.17, 15) is 0 Å². The molecule has 4 rings (SSSR count). The number of fused-ring (bicyclic) bond motifs is 1. The van der Waals surface area contributed by atoms with Gasteiger partial charge in [-0.25, -0.2) is 4.98 Å². The van der Waals surface area contributed by atoms with E-state index in [1.807, 2.05) is 59.3 Å². The Hall–Kier alpha value is -2.95. The van der Waals surface area contributed by atoms with Gasteiger partial charge in [0.25, 0.3) is 5.89 Å². The molecule has 0 spiro atoms. The second kappa shape index (κ2) is 4.31. The maximum atomic E-state index is 5.31. The molecule has 5 heteroatoms. The summed E-state index contributed by atoms with van der Waals surface area (Å²) in [5.74, 6) is 1.09. The molecule has 3 aromatic heterocycles. The van der Waals surface area contributed by atoms with Crippen molar-refractivity contribution in [2.24, 2.45) is 0 Å². The van der Waals surface area contributed by atoms with Gasteiger partial charge in [-0.2, -0.15) is 4.98 Å². The van der Waals surface area contributed by atoms with Crippen molar-refractivity contribution in [1.29, 1.82) is 0 Å². The lowest BCUT2D eigenvalue weighted by atomic mass is 10.2. The van der Waals surface area contributed by atoms with E-state index < -0.39 is 0 Å². The van der Waals surface area contributed by atoms with Crippen LogP contribution in [0.1, 0.15) is 0 Å². The van der Waals surface area contributed by atoms with Gasteiger partial charge in [0, 0.05) is 29.7 Å². The molecule has 5 nitrogen and oxygen atoms in total. The fourth-order valence-corrected chi connectivity index (χ4v) is 2.09. The standard InChI is InChI=1S/C15H10N4O/c1-2-4-11(5-3-1)15-17-14(18-20-15)12-6-7-13-16-8-9-19(13)10-12/h1-10H. The summed E-state index contributed by atoms with van der Waals surface area (Å²) < 4.78 is 7.24.